The standard InChI is InChI=1S/C20H19N5O2/c1-3-25-18-10-9-15(11-17(18)23-24-25)19(26)16(12-21)20(27)22-13(2)14-7-5-4-6-8-14/h4-11,13,16H,3H2,1-2H3,(H,22,27)/t13-,16-/m1/s1. The number of carbonyl (C=O) groups excluding carboxylic acids is 2. The molecule has 3 aromatic rings. The molecule has 0 aliphatic rings. The zero-order valence-electron chi connectivity index (χ0n) is 15.1. The number of aromatic nitrogens is 3. The van der Waals surface area contributed by atoms with Gasteiger partial charge in [0.25, 0.3) is 0 Å². The largest absolute Gasteiger partial charge is 0.348 e. The Morgan fingerprint density at radius 3 is 2.63 bits per heavy atom. The van der Waals surface area contributed by atoms with E-state index in [0.717, 1.165) is 11.1 Å². The molecule has 0 bridgehead atoms. The highest BCUT2D eigenvalue weighted by atomic mass is 16.2. The summed E-state index contributed by atoms with van der Waals surface area (Å²) < 4.78 is 1.71. The highest BCUT2D eigenvalue weighted by Gasteiger charge is 2.29. The molecular formula is C20H19N5O2. The zero-order valence-corrected chi connectivity index (χ0v) is 15.1. The Bertz CT molecular complexity index is 1020. The zero-order chi connectivity index (χ0) is 19.4. The molecule has 1 heterocycles. The first kappa shape index (κ1) is 18.3. The van der Waals surface area contributed by atoms with Crippen LogP contribution in [-0.4, -0.2) is 26.7 Å². The van der Waals surface area contributed by atoms with E-state index in [2.05, 4.69) is 15.6 Å². The summed E-state index contributed by atoms with van der Waals surface area (Å²) in [5.74, 6) is -2.59. The summed E-state index contributed by atoms with van der Waals surface area (Å²) >= 11 is 0. The quantitative estimate of drug-likeness (QED) is 0.537. The van der Waals surface area contributed by atoms with E-state index in [-0.39, 0.29) is 11.6 Å². The Hall–Kier alpha value is -3.53. The number of hydrogen-bond acceptors (Lipinski definition) is 5. The van der Waals surface area contributed by atoms with Gasteiger partial charge in [0.2, 0.25) is 5.91 Å². The molecule has 2 aromatic carbocycles. The van der Waals surface area contributed by atoms with Crippen LogP contribution in [-0.2, 0) is 11.3 Å². The van der Waals surface area contributed by atoms with E-state index in [9.17, 15) is 14.9 Å². The van der Waals surface area contributed by atoms with Crippen molar-refractivity contribution in [3.8, 4) is 6.07 Å². The Kier molecular flexibility index (Phi) is 5.27. The minimum atomic E-state index is -1.42. The second kappa shape index (κ2) is 7.79. The number of hydrogen-bond donors (Lipinski definition) is 1. The number of amides is 1. The number of nitrogens with one attached hydrogen (secondary N) is 1. The average molecular weight is 361 g/mol. The number of nitriles is 1. The smallest absolute Gasteiger partial charge is 0.245 e. The maximum absolute atomic E-state index is 12.7. The Balaban J connectivity index is 1.79. The molecule has 1 aromatic heterocycles. The van der Waals surface area contributed by atoms with Crippen molar-refractivity contribution in [2.75, 3.05) is 0 Å². The van der Waals surface area contributed by atoms with E-state index in [1.807, 2.05) is 43.3 Å². The fourth-order valence-corrected chi connectivity index (χ4v) is 2.88. The van der Waals surface area contributed by atoms with Crippen LogP contribution in [0, 0.1) is 17.2 Å². The molecular weight excluding hydrogens is 342 g/mol. The van der Waals surface area contributed by atoms with Crippen LogP contribution >= 0.6 is 0 Å². The lowest BCUT2D eigenvalue weighted by Gasteiger charge is -2.16. The van der Waals surface area contributed by atoms with Crippen LogP contribution in [0.3, 0.4) is 0 Å². The molecule has 0 spiro atoms. The Labute approximate surface area is 156 Å². The van der Waals surface area contributed by atoms with E-state index in [1.54, 1.807) is 29.8 Å². The van der Waals surface area contributed by atoms with Crippen molar-refractivity contribution in [3.05, 3.63) is 59.7 Å². The third-order valence-electron chi connectivity index (χ3n) is 4.41. The summed E-state index contributed by atoms with van der Waals surface area (Å²) in [7, 11) is 0. The molecule has 7 nitrogen and oxygen atoms in total. The first-order valence-electron chi connectivity index (χ1n) is 8.67. The van der Waals surface area contributed by atoms with Gasteiger partial charge in [-0.2, -0.15) is 5.26 Å². The molecule has 27 heavy (non-hydrogen) atoms. The Morgan fingerprint density at radius 1 is 1.22 bits per heavy atom. The minimum Gasteiger partial charge on any atom is -0.348 e. The van der Waals surface area contributed by atoms with Crippen molar-refractivity contribution in [1.82, 2.24) is 20.3 Å². The number of rotatable bonds is 6. The van der Waals surface area contributed by atoms with Gasteiger partial charge in [-0.05, 0) is 37.6 Å². The highest BCUT2D eigenvalue weighted by molar-refractivity contribution is 6.13. The van der Waals surface area contributed by atoms with Crippen LogP contribution < -0.4 is 5.32 Å². The van der Waals surface area contributed by atoms with E-state index in [4.69, 9.17) is 0 Å². The number of nitrogens with zero attached hydrogens (tertiary/aromatic N) is 4. The number of benzene rings is 2. The summed E-state index contributed by atoms with van der Waals surface area (Å²) in [5, 5.41) is 20.2. The summed E-state index contributed by atoms with van der Waals surface area (Å²) in [4.78, 5) is 25.2. The number of ketones is 1. The fourth-order valence-electron chi connectivity index (χ4n) is 2.88. The van der Waals surface area contributed by atoms with Crippen molar-refractivity contribution < 1.29 is 9.59 Å². The number of carbonyl (C=O) groups is 2. The highest BCUT2D eigenvalue weighted by Crippen LogP contribution is 2.18. The fraction of sp³-hybridized carbons (Fsp3) is 0.250. The van der Waals surface area contributed by atoms with Crippen molar-refractivity contribution in [3.63, 3.8) is 0 Å². The summed E-state index contributed by atoms with van der Waals surface area (Å²) in [5.41, 5.74) is 2.51. The SMILES string of the molecule is CCn1nnc2cc(C(=O)[C@@H](C#N)C(=O)N[C@H](C)c3ccccc3)ccc21. The lowest BCUT2D eigenvalue weighted by Crippen LogP contribution is -2.36. The van der Waals surface area contributed by atoms with Gasteiger partial charge in [-0.25, -0.2) is 4.68 Å². The van der Waals surface area contributed by atoms with Gasteiger partial charge in [-0.3, -0.25) is 9.59 Å². The number of Topliss-reactive ketones (excluding diaryl/α,β-unsaturated/α-hetero) is 1. The van der Waals surface area contributed by atoms with Crippen LogP contribution in [0.2, 0.25) is 0 Å². The van der Waals surface area contributed by atoms with Crippen LogP contribution in [0.25, 0.3) is 11.0 Å². The third kappa shape index (κ3) is 3.70. The second-order valence-corrected chi connectivity index (χ2v) is 6.18. The van der Waals surface area contributed by atoms with Crippen molar-refractivity contribution in [2.45, 2.75) is 26.4 Å². The first-order valence-corrected chi connectivity index (χ1v) is 8.67. The van der Waals surface area contributed by atoms with E-state index in [0.29, 0.717) is 12.1 Å². The van der Waals surface area contributed by atoms with E-state index < -0.39 is 17.6 Å². The lowest BCUT2D eigenvalue weighted by atomic mass is 9.97. The van der Waals surface area contributed by atoms with Crippen LogP contribution in [0.4, 0.5) is 0 Å². The normalized spacial score (nSPS) is 12.9. The molecule has 0 saturated carbocycles. The van der Waals surface area contributed by atoms with E-state index in [1.165, 1.54) is 0 Å². The van der Waals surface area contributed by atoms with Crippen molar-refractivity contribution >= 4 is 22.7 Å². The number of aryl methyl sites for hydroxylation is 1. The minimum absolute atomic E-state index is 0.264. The molecule has 1 amide bonds. The second-order valence-electron chi connectivity index (χ2n) is 6.18. The van der Waals surface area contributed by atoms with Crippen LogP contribution in [0.15, 0.2) is 48.5 Å². The maximum Gasteiger partial charge on any atom is 0.245 e. The maximum atomic E-state index is 12.7. The topological polar surface area (TPSA) is 101 Å². The van der Waals surface area contributed by atoms with Gasteiger partial charge in [0.05, 0.1) is 17.6 Å². The summed E-state index contributed by atoms with van der Waals surface area (Å²) in [6, 6.07) is 15.8. The molecule has 0 unspecified atom stereocenters. The summed E-state index contributed by atoms with van der Waals surface area (Å²) in [6.07, 6.45) is 0. The molecule has 2 atom stereocenters. The average Bonchev–Trinajstić information content (AvgIpc) is 3.11. The molecule has 1 N–H and O–H groups in total. The van der Waals surface area contributed by atoms with Gasteiger partial charge in [-0.1, -0.05) is 35.5 Å². The third-order valence-corrected chi connectivity index (χ3v) is 4.41. The molecule has 0 aliphatic heterocycles. The molecule has 7 heteroatoms. The van der Waals surface area contributed by atoms with Crippen molar-refractivity contribution in [1.29, 1.82) is 5.26 Å². The van der Waals surface area contributed by atoms with Gasteiger partial charge in [0, 0.05) is 12.1 Å². The monoisotopic (exact) mass is 361 g/mol. The van der Waals surface area contributed by atoms with Crippen molar-refractivity contribution in [2.24, 2.45) is 5.92 Å². The van der Waals surface area contributed by atoms with E-state index >= 15 is 0 Å². The van der Waals surface area contributed by atoms with Gasteiger partial charge >= 0.3 is 0 Å². The molecule has 3 rings (SSSR count). The van der Waals surface area contributed by atoms with Gasteiger partial charge in [0.15, 0.2) is 11.7 Å². The van der Waals surface area contributed by atoms with Gasteiger partial charge in [-0.15, -0.1) is 5.10 Å². The van der Waals surface area contributed by atoms with Crippen LogP contribution in [0.1, 0.15) is 35.8 Å². The first-order chi connectivity index (χ1) is 13.0. The molecule has 0 saturated heterocycles. The molecule has 0 fully saturated rings. The molecule has 0 aliphatic carbocycles. The molecule has 0 radical (unpaired) electrons. The number of fused-ring (bicyclic) bond motifs is 1. The van der Waals surface area contributed by atoms with Gasteiger partial charge in [0.1, 0.15) is 5.52 Å². The Morgan fingerprint density at radius 2 is 1.96 bits per heavy atom. The lowest BCUT2D eigenvalue weighted by molar-refractivity contribution is -0.122. The predicted octanol–water partition coefficient (Wildman–Crippen LogP) is 2.65. The summed E-state index contributed by atoms with van der Waals surface area (Å²) in [6.45, 7) is 4.41. The predicted molar refractivity (Wildman–Crippen MR) is 99.6 cm³/mol. The molecule has 136 valence electrons. The van der Waals surface area contributed by atoms with Gasteiger partial charge < -0.3 is 5.32 Å². The van der Waals surface area contributed by atoms with Crippen LogP contribution in [0.5, 0.6) is 0 Å².